The van der Waals surface area contributed by atoms with Gasteiger partial charge in [0.1, 0.15) is 5.76 Å². The van der Waals surface area contributed by atoms with Gasteiger partial charge in [-0.1, -0.05) is 24.9 Å². The quantitative estimate of drug-likeness (QED) is 0.940. The van der Waals surface area contributed by atoms with Crippen molar-refractivity contribution in [2.45, 2.75) is 51.5 Å². The molecule has 0 unspecified atom stereocenters. The Balaban J connectivity index is 0.00000147. The number of nitrogens with two attached hydrogens (primary N) is 1. The maximum Gasteiger partial charge on any atom is 0.293 e. The molecular weight excluding hydrogens is 278 g/mol. The molecule has 0 aliphatic heterocycles. The van der Waals surface area contributed by atoms with Crippen LogP contribution in [0.2, 0.25) is 0 Å². The second kappa shape index (κ2) is 5.58. The SMILES string of the molecule is CCc1oc(-c2nc(C3(N)CCCC3)no2)cc1C.Cl. The zero-order valence-electron chi connectivity index (χ0n) is 11.8. The lowest BCUT2D eigenvalue weighted by atomic mass is 9.99. The summed E-state index contributed by atoms with van der Waals surface area (Å²) in [4.78, 5) is 4.43. The minimum absolute atomic E-state index is 0. The third kappa shape index (κ3) is 2.47. The fourth-order valence-corrected chi connectivity index (χ4v) is 2.73. The number of aryl methyl sites for hydroxylation is 2. The van der Waals surface area contributed by atoms with Gasteiger partial charge in [0, 0.05) is 6.42 Å². The van der Waals surface area contributed by atoms with Crippen LogP contribution in [-0.2, 0) is 12.0 Å². The molecular formula is C14H20ClN3O2. The molecule has 0 amide bonds. The van der Waals surface area contributed by atoms with Crippen LogP contribution in [0.15, 0.2) is 15.0 Å². The number of hydrogen-bond donors (Lipinski definition) is 1. The average Bonchev–Trinajstić information content (AvgIpc) is 3.07. The van der Waals surface area contributed by atoms with Crippen molar-refractivity contribution in [1.82, 2.24) is 10.1 Å². The Bertz CT molecular complexity index is 585. The summed E-state index contributed by atoms with van der Waals surface area (Å²) < 4.78 is 11.0. The summed E-state index contributed by atoms with van der Waals surface area (Å²) >= 11 is 0. The molecule has 2 heterocycles. The first-order valence-electron chi connectivity index (χ1n) is 6.85. The summed E-state index contributed by atoms with van der Waals surface area (Å²) in [6, 6.07) is 1.94. The normalized spacial score (nSPS) is 17.1. The minimum Gasteiger partial charge on any atom is -0.456 e. The highest BCUT2D eigenvalue weighted by molar-refractivity contribution is 5.85. The van der Waals surface area contributed by atoms with Gasteiger partial charge in [-0.05, 0) is 31.4 Å². The first-order valence-corrected chi connectivity index (χ1v) is 6.85. The summed E-state index contributed by atoms with van der Waals surface area (Å²) in [6.45, 7) is 4.08. The predicted octanol–water partition coefficient (Wildman–Crippen LogP) is 3.35. The van der Waals surface area contributed by atoms with Gasteiger partial charge in [-0.3, -0.25) is 0 Å². The first-order chi connectivity index (χ1) is 9.12. The summed E-state index contributed by atoms with van der Waals surface area (Å²) in [5.41, 5.74) is 7.01. The van der Waals surface area contributed by atoms with Crippen molar-refractivity contribution in [3.8, 4) is 11.7 Å². The Morgan fingerprint density at radius 1 is 1.35 bits per heavy atom. The monoisotopic (exact) mass is 297 g/mol. The maximum atomic E-state index is 6.32. The van der Waals surface area contributed by atoms with Gasteiger partial charge in [0.05, 0.1) is 5.54 Å². The molecule has 2 aromatic rings. The van der Waals surface area contributed by atoms with Crippen molar-refractivity contribution in [2.24, 2.45) is 5.73 Å². The lowest BCUT2D eigenvalue weighted by Crippen LogP contribution is -2.34. The van der Waals surface area contributed by atoms with Crippen molar-refractivity contribution < 1.29 is 8.94 Å². The Kier molecular flexibility index (Phi) is 4.20. The van der Waals surface area contributed by atoms with Crippen molar-refractivity contribution in [3.05, 3.63) is 23.2 Å². The van der Waals surface area contributed by atoms with Gasteiger partial charge < -0.3 is 14.7 Å². The molecule has 1 aliphatic carbocycles. The van der Waals surface area contributed by atoms with Crippen molar-refractivity contribution in [3.63, 3.8) is 0 Å². The third-order valence-corrected chi connectivity index (χ3v) is 3.92. The van der Waals surface area contributed by atoms with Gasteiger partial charge in [0.15, 0.2) is 11.6 Å². The number of furan rings is 1. The van der Waals surface area contributed by atoms with Gasteiger partial charge in [0.2, 0.25) is 0 Å². The topological polar surface area (TPSA) is 78.1 Å². The van der Waals surface area contributed by atoms with Crippen LogP contribution >= 0.6 is 12.4 Å². The van der Waals surface area contributed by atoms with E-state index in [4.69, 9.17) is 14.7 Å². The smallest absolute Gasteiger partial charge is 0.293 e. The van der Waals surface area contributed by atoms with Crippen molar-refractivity contribution >= 4 is 12.4 Å². The van der Waals surface area contributed by atoms with E-state index in [0.29, 0.717) is 17.5 Å². The van der Waals surface area contributed by atoms with E-state index in [0.717, 1.165) is 43.4 Å². The van der Waals surface area contributed by atoms with Crippen LogP contribution in [0.1, 0.15) is 49.8 Å². The fraction of sp³-hybridized carbons (Fsp3) is 0.571. The van der Waals surface area contributed by atoms with Crippen LogP contribution in [0, 0.1) is 6.92 Å². The molecule has 3 rings (SSSR count). The lowest BCUT2D eigenvalue weighted by Gasteiger charge is -2.17. The molecule has 1 saturated carbocycles. The summed E-state index contributed by atoms with van der Waals surface area (Å²) in [5, 5.41) is 4.04. The summed E-state index contributed by atoms with van der Waals surface area (Å²) in [5.74, 6) is 2.62. The van der Waals surface area contributed by atoms with Crippen LogP contribution in [0.5, 0.6) is 0 Å². The highest BCUT2D eigenvalue weighted by Gasteiger charge is 2.36. The van der Waals surface area contributed by atoms with Gasteiger partial charge in [-0.2, -0.15) is 4.98 Å². The largest absolute Gasteiger partial charge is 0.456 e. The molecule has 110 valence electrons. The Hall–Kier alpha value is -1.33. The second-order valence-electron chi connectivity index (χ2n) is 5.36. The van der Waals surface area contributed by atoms with Crippen LogP contribution in [0.25, 0.3) is 11.7 Å². The number of halogens is 1. The molecule has 2 aromatic heterocycles. The molecule has 0 spiro atoms. The number of aromatic nitrogens is 2. The van der Waals surface area contributed by atoms with E-state index in [9.17, 15) is 0 Å². The zero-order chi connectivity index (χ0) is 13.5. The molecule has 5 nitrogen and oxygen atoms in total. The number of nitrogens with zero attached hydrogens (tertiary/aromatic N) is 2. The van der Waals surface area contributed by atoms with E-state index >= 15 is 0 Å². The summed E-state index contributed by atoms with van der Waals surface area (Å²) in [7, 11) is 0. The van der Waals surface area contributed by atoms with E-state index in [1.165, 1.54) is 0 Å². The summed E-state index contributed by atoms with van der Waals surface area (Å²) in [6.07, 6.45) is 4.95. The van der Waals surface area contributed by atoms with E-state index < -0.39 is 5.54 Å². The molecule has 0 aromatic carbocycles. The molecule has 20 heavy (non-hydrogen) atoms. The highest BCUT2D eigenvalue weighted by Crippen LogP contribution is 2.35. The Morgan fingerprint density at radius 3 is 2.65 bits per heavy atom. The van der Waals surface area contributed by atoms with Gasteiger partial charge in [0.25, 0.3) is 5.89 Å². The van der Waals surface area contributed by atoms with Crippen molar-refractivity contribution in [1.29, 1.82) is 0 Å². The molecule has 0 atom stereocenters. The van der Waals surface area contributed by atoms with E-state index in [1.807, 2.05) is 13.0 Å². The van der Waals surface area contributed by atoms with Crippen LogP contribution in [-0.4, -0.2) is 10.1 Å². The third-order valence-electron chi connectivity index (χ3n) is 3.92. The zero-order valence-corrected chi connectivity index (χ0v) is 12.6. The molecule has 1 fully saturated rings. The standard InChI is InChI=1S/C14H19N3O2.ClH/c1-3-10-9(2)8-11(18-10)12-16-13(17-19-12)14(15)6-4-5-7-14;/h8H,3-7,15H2,1-2H3;1H. The lowest BCUT2D eigenvalue weighted by molar-refractivity contribution is 0.367. The van der Waals surface area contributed by atoms with E-state index in [-0.39, 0.29) is 12.4 Å². The average molecular weight is 298 g/mol. The minimum atomic E-state index is -0.420. The maximum absolute atomic E-state index is 6.32. The molecule has 0 radical (unpaired) electrons. The predicted molar refractivity (Wildman–Crippen MR) is 77.7 cm³/mol. The second-order valence-corrected chi connectivity index (χ2v) is 5.36. The van der Waals surface area contributed by atoms with Gasteiger partial charge >= 0.3 is 0 Å². The van der Waals surface area contributed by atoms with E-state index in [1.54, 1.807) is 0 Å². The molecule has 1 aliphatic rings. The van der Waals surface area contributed by atoms with Crippen molar-refractivity contribution in [2.75, 3.05) is 0 Å². The Morgan fingerprint density at radius 2 is 2.05 bits per heavy atom. The molecule has 2 N–H and O–H groups in total. The highest BCUT2D eigenvalue weighted by atomic mass is 35.5. The van der Waals surface area contributed by atoms with E-state index in [2.05, 4.69) is 17.1 Å². The fourth-order valence-electron chi connectivity index (χ4n) is 2.73. The van der Waals surface area contributed by atoms with Gasteiger partial charge in [-0.15, -0.1) is 12.4 Å². The Labute approximate surface area is 124 Å². The molecule has 0 bridgehead atoms. The van der Waals surface area contributed by atoms with Crippen LogP contribution < -0.4 is 5.73 Å². The number of rotatable bonds is 3. The van der Waals surface area contributed by atoms with Crippen LogP contribution in [0.4, 0.5) is 0 Å². The number of hydrogen-bond acceptors (Lipinski definition) is 5. The molecule has 0 saturated heterocycles. The van der Waals surface area contributed by atoms with Crippen LogP contribution in [0.3, 0.4) is 0 Å². The van der Waals surface area contributed by atoms with Gasteiger partial charge in [-0.25, -0.2) is 0 Å². The molecule has 6 heteroatoms. The first kappa shape index (κ1) is 15.1.